The summed E-state index contributed by atoms with van der Waals surface area (Å²) in [5.74, 6) is -10.1. The standard InChI is InChI=1S/C19H18ClFN6O5.C17H12ClFN6O4.C13H13ClFN3O2/c1-4-31-19(30)23-17(29)14(8-22)25-24-10-5-12(20)16(13(21)6-10)32-18-11(9(2)3)7-15(28)26-27-18;1-7(2)9-5-13(26)22-23-16(9)29-14-10(18)3-8(4-11(14)19)25-17(28)21-15(27)12(6-20)24-25;1-6(2)8-5-11(19)17-18-13(8)20-12-9(14)3-7(16)4-10(12)15/h5-7,9,24H,4H2,1-3H3,(H,26,28)(H,23,29,30);3-5,7H,1-2H3,(H,22,26)(H,21,27,28);3-6H,16H2,1-2H3,(H,17,19)/b25-14-;;/i2D3;2*1D3. The number of benzene rings is 3. The number of carbonyl (C=O) groups excluding carboxylic acids is 2. The molecule has 4 heterocycles. The molecule has 0 aliphatic rings. The van der Waals surface area contributed by atoms with Gasteiger partial charge in [0.05, 0.1) is 33.0 Å². The number of nitrogen functional groups attached to an aromatic ring is 1. The zero-order chi connectivity index (χ0) is 67.5. The van der Waals surface area contributed by atoms with Crippen LogP contribution in [-0.2, 0) is 9.53 Å². The van der Waals surface area contributed by atoms with Gasteiger partial charge in [-0.25, -0.2) is 38.1 Å². The summed E-state index contributed by atoms with van der Waals surface area (Å²) in [6, 6.07) is 12.0. The van der Waals surface area contributed by atoms with Crippen molar-refractivity contribution in [2.45, 2.75) is 66.0 Å². The van der Waals surface area contributed by atoms with E-state index in [0.717, 1.165) is 48.5 Å². The van der Waals surface area contributed by atoms with Gasteiger partial charge in [0.25, 0.3) is 28.1 Å². The SMILES string of the molecule is [2H]C([2H])([2H])C(C)c1cc(=O)[nH]nc1Oc1c(F)cc(-n2nc(C#N)c(=O)[nH]c2=O)cc1Cl.[2H]C([2H])([2H])C(C)c1cc(=O)[nH]nc1Oc1c(F)cc(N)cc1Cl.[2H]C([2H])([2H])C(C)c1cc(=O)[nH]nc1Oc1c(F)cc(N/N=C(/C#N)C(=O)NC(=O)OCC)cc1Cl. The third-order valence-corrected chi connectivity index (χ3v) is 10.5. The number of alkyl carbamates (subject to hydrolysis) is 1. The van der Waals surface area contributed by atoms with Crippen LogP contribution in [0.1, 0.15) is 101 Å². The van der Waals surface area contributed by atoms with Gasteiger partial charge in [-0.2, -0.15) is 20.3 Å². The zero-order valence-corrected chi connectivity index (χ0v) is 43.8. The van der Waals surface area contributed by atoms with Crippen LogP contribution in [0.25, 0.3) is 5.69 Å². The Morgan fingerprint density at radius 2 is 1.19 bits per heavy atom. The van der Waals surface area contributed by atoms with E-state index in [-0.39, 0.29) is 72.9 Å². The van der Waals surface area contributed by atoms with Crippen LogP contribution in [0, 0.1) is 40.1 Å². The number of carbonyl (C=O) groups is 2. The van der Waals surface area contributed by atoms with Crippen LogP contribution in [0.2, 0.25) is 15.1 Å². The van der Waals surface area contributed by atoms with E-state index < -0.39 is 124 Å². The molecule has 0 radical (unpaired) electrons. The highest BCUT2D eigenvalue weighted by Gasteiger charge is 2.22. The van der Waals surface area contributed by atoms with Crippen molar-refractivity contribution in [3.8, 4) is 52.7 Å². The second-order valence-corrected chi connectivity index (χ2v) is 17.0. The van der Waals surface area contributed by atoms with Gasteiger partial charge in [0, 0.05) is 71.1 Å². The van der Waals surface area contributed by atoms with Crippen LogP contribution in [-0.4, -0.2) is 69.7 Å². The maximum absolute atomic E-state index is 14.8. The molecule has 0 fully saturated rings. The highest BCUT2D eigenvalue weighted by molar-refractivity contribution is 6.47. The number of rotatable bonds is 14. The summed E-state index contributed by atoms with van der Waals surface area (Å²) in [5.41, 5.74) is 1.83. The van der Waals surface area contributed by atoms with E-state index in [1.165, 1.54) is 45.9 Å². The lowest BCUT2D eigenvalue weighted by Gasteiger charge is -2.14. The molecule has 3 aromatic carbocycles. The van der Waals surface area contributed by atoms with Crippen LogP contribution >= 0.6 is 34.8 Å². The molecule has 81 heavy (non-hydrogen) atoms. The van der Waals surface area contributed by atoms with Gasteiger partial charge in [-0.3, -0.25) is 39.7 Å². The molecule has 32 heteroatoms. The molecular weight excluding hydrogens is 1140 g/mol. The van der Waals surface area contributed by atoms with Gasteiger partial charge >= 0.3 is 11.8 Å². The molecule has 0 spiro atoms. The molecule has 0 aliphatic heterocycles. The highest BCUT2D eigenvalue weighted by Crippen LogP contribution is 2.38. The second-order valence-electron chi connectivity index (χ2n) is 15.8. The number of halogens is 6. The topological polar surface area (TPSA) is 386 Å². The molecule has 4 aromatic heterocycles. The molecule has 26 nitrogen and oxygen atoms in total. The lowest BCUT2D eigenvalue weighted by molar-refractivity contribution is -0.114. The molecule has 0 saturated carbocycles. The van der Waals surface area contributed by atoms with Crippen molar-refractivity contribution < 1.29 is 54.0 Å². The Morgan fingerprint density at radius 3 is 1.60 bits per heavy atom. The van der Waals surface area contributed by atoms with Gasteiger partial charge in [-0.1, -0.05) is 76.1 Å². The molecule has 8 N–H and O–H groups in total. The first-order valence-corrected chi connectivity index (χ1v) is 23.4. The molecule has 2 amide bonds. The van der Waals surface area contributed by atoms with E-state index >= 15 is 0 Å². The molecule has 7 rings (SSSR count). The number of hydrogen-bond acceptors (Lipinski definition) is 20. The zero-order valence-electron chi connectivity index (χ0n) is 50.5. The van der Waals surface area contributed by atoms with E-state index in [1.54, 1.807) is 5.32 Å². The van der Waals surface area contributed by atoms with Crippen molar-refractivity contribution in [3.05, 3.63) is 161 Å². The van der Waals surface area contributed by atoms with Crippen molar-refractivity contribution in [3.63, 3.8) is 0 Å². The van der Waals surface area contributed by atoms with Gasteiger partial charge in [-0.15, -0.1) is 20.4 Å². The Kier molecular flexibility index (Phi) is 16.9. The number of aromatic nitrogens is 9. The third kappa shape index (κ3) is 16.4. The van der Waals surface area contributed by atoms with E-state index in [0.29, 0.717) is 4.68 Å². The minimum atomic E-state index is -2.50. The lowest BCUT2D eigenvalue weighted by atomic mass is 10.1. The summed E-state index contributed by atoms with van der Waals surface area (Å²) < 4.78 is 132. The average molecular weight is 1190 g/mol. The van der Waals surface area contributed by atoms with Gasteiger partial charge in [0.1, 0.15) is 12.1 Å². The number of anilines is 2. The minimum Gasteiger partial charge on any atom is -0.450 e. The normalized spacial score (nSPS) is 14.0. The highest BCUT2D eigenvalue weighted by atomic mass is 35.5. The number of hydrazone groups is 1. The number of nitrogens with two attached hydrogens (primary N) is 1. The van der Waals surface area contributed by atoms with Crippen molar-refractivity contribution in [1.82, 2.24) is 50.7 Å². The van der Waals surface area contributed by atoms with E-state index in [9.17, 15) is 46.7 Å². The Labute approximate surface area is 480 Å². The van der Waals surface area contributed by atoms with Crippen LogP contribution in [0.4, 0.5) is 29.3 Å². The van der Waals surface area contributed by atoms with Gasteiger partial charge in [0.2, 0.25) is 29.0 Å². The Hall–Kier alpha value is -9.84. The number of aromatic amines is 4. The summed E-state index contributed by atoms with van der Waals surface area (Å²) in [6.45, 7) is -1.86. The fourth-order valence-electron chi connectivity index (χ4n) is 6.06. The Balaban J connectivity index is 0.000000251. The maximum Gasteiger partial charge on any atom is 0.414 e. The first-order valence-electron chi connectivity index (χ1n) is 26.8. The van der Waals surface area contributed by atoms with E-state index in [1.807, 2.05) is 4.98 Å². The molecule has 422 valence electrons. The van der Waals surface area contributed by atoms with E-state index in [2.05, 4.69) is 51.0 Å². The quantitative estimate of drug-likeness (QED) is 0.0311. The van der Waals surface area contributed by atoms with Gasteiger partial charge in [0.15, 0.2) is 34.7 Å². The second kappa shape index (κ2) is 27.7. The molecule has 0 aliphatic carbocycles. The summed E-state index contributed by atoms with van der Waals surface area (Å²) >= 11 is 18.1. The molecule has 3 unspecified atom stereocenters. The number of ether oxygens (including phenoxy) is 4. The van der Waals surface area contributed by atoms with Gasteiger partial charge in [-0.05, 0) is 42.9 Å². The number of nitrogens with zero attached hydrogens (tertiary/aromatic N) is 8. The number of nitriles is 2. The monoisotopic (exact) mass is 1190 g/mol. The first kappa shape index (κ1) is 49.5. The fourth-order valence-corrected chi connectivity index (χ4v) is 6.80. The largest absolute Gasteiger partial charge is 0.450 e. The molecule has 0 bridgehead atoms. The van der Waals surface area contributed by atoms with Gasteiger partial charge < -0.3 is 24.7 Å². The van der Waals surface area contributed by atoms with Crippen molar-refractivity contribution in [2.24, 2.45) is 5.10 Å². The van der Waals surface area contributed by atoms with Crippen molar-refractivity contribution >= 4 is 63.9 Å². The van der Waals surface area contributed by atoms with E-state index in [4.69, 9.17) is 77.6 Å². The summed E-state index contributed by atoms with van der Waals surface area (Å²) in [7, 11) is 0. The average Bonchev–Trinajstić information content (AvgIpc) is 0.868. The predicted octanol–water partition coefficient (Wildman–Crippen LogP) is 7.69. The fraction of sp³-hybridized carbons (Fsp3) is 0.224. The van der Waals surface area contributed by atoms with Crippen LogP contribution < -0.4 is 58.6 Å². The van der Waals surface area contributed by atoms with Crippen molar-refractivity contribution in [1.29, 1.82) is 10.5 Å². The Morgan fingerprint density at radius 1 is 0.728 bits per heavy atom. The number of H-pyrrole nitrogens is 4. The van der Waals surface area contributed by atoms with Crippen LogP contribution in [0.3, 0.4) is 0 Å². The predicted molar refractivity (Wildman–Crippen MR) is 286 cm³/mol. The van der Waals surface area contributed by atoms with Crippen LogP contribution in [0.15, 0.2) is 83.7 Å². The maximum atomic E-state index is 14.8. The summed E-state index contributed by atoms with van der Waals surface area (Å²) in [4.78, 5) is 83.2. The number of hydrogen-bond donors (Lipinski definition) is 7. The third-order valence-electron chi connectivity index (χ3n) is 9.69. The Bertz CT molecular complexity index is 4260. The summed E-state index contributed by atoms with van der Waals surface area (Å²) in [6.07, 6.45) is -1.08. The molecule has 3 atom stereocenters. The minimum absolute atomic E-state index is 0.00617. The van der Waals surface area contributed by atoms with Crippen LogP contribution in [0.5, 0.6) is 34.9 Å². The summed E-state index contributed by atoms with van der Waals surface area (Å²) in [5, 5.41) is 43.2. The first-order chi connectivity index (χ1) is 41.9. The molecule has 7 aromatic rings. The number of amides is 2. The number of nitrogens with one attached hydrogen (secondary N) is 6. The molecular formula is C49H43Cl3F3N15O11. The lowest BCUT2D eigenvalue weighted by Crippen LogP contribution is -2.36. The number of imide groups is 1. The van der Waals surface area contributed by atoms with Crippen molar-refractivity contribution in [2.75, 3.05) is 17.8 Å². The molecule has 0 saturated heterocycles. The smallest absolute Gasteiger partial charge is 0.414 e.